The Balaban J connectivity index is 2.58. The molecule has 0 bridgehead atoms. The van der Waals surface area contributed by atoms with E-state index in [2.05, 4.69) is 4.98 Å². The van der Waals surface area contributed by atoms with Crippen molar-refractivity contribution in [3.63, 3.8) is 0 Å². The zero-order valence-electron chi connectivity index (χ0n) is 10.8. The molecule has 1 aromatic heterocycles. The minimum absolute atomic E-state index is 0.285. The molecule has 0 aliphatic rings. The fraction of sp³-hybridized carbons (Fsp3) is 0.214. The van der Waals surface area contributed by atoms with Crippen LogP contribution in [0.1, 0.15) is 11.3 Å². The average Bonchev–Trinajstić information content (AvgIpc) is 2.38. The molecule has 1 aromatic carbocycles. The van der Waals surface area contributed by atoms with Gasteiger partial charge in [-0.3, -0.25) is 4.98 Å². The Morgan fingerprint density at radius 1 is 1.20 bits per heavy atom. The Labute approximate surface area is 123 Å². The highest BCUT2D eigenvalue weighted by Crippen LogP contribution is 2.30. The lowest BCUT2D eigenvalue weighted by Gasteiger charge is -2.27. The van der Waals surface area contributed by atoms with Gasteiger partial charge in [0, 0.05) is 17.5 Å². The standard InChI is InChI=1S/C14H14ClNO3S/c1-20(18,19)10-14(17,13-4-2-3-9-16-13)11-5-7-12(15)8-6-11/h2-9,17H,10H2,1H3/t14-/m1/s1. The Morgan fingerprint density at radius 2 is 1.85 bits per heavy atom. The maximum absolute atomic E-state index is 11.6. The number of nitrogens with zero attached hydrogens (tertiary/aromatic N) is 1. The van der Waals surface area contributed by atoms with Gasteiger partial charge in [0.05, 0.1) is 11.4 Å². The Kier molecular flexibility index (Phi) is 4.13. The molecule has 6 heteroatoms. The second-order valence-electron chi connectivity index (χ2n) is 4.65. The van der Waals surface area contributed by atoms with E-state index in [4.69, 9.17) is 11.6 Å². The summed E-state index contributed by atoms with van der Waals surface area (Å²) in [7, 11) is -3.41. The van der Waals surface area contributed by atoms with Crippen LogP contribution in [-0.4, -0.2) is 30.5 Å². The molecule has 0 fully saturated rings. The van der Waals surface area contributed by atoms with E-state index in [1.165, 1.54) is 6.20 Å². The van der Waals surface area contributed by atoms with Gasteiger partial charge in [-0.25, -0.2) is 8.42 Å². The first-order chi connectivity index (χ1) is 9.31. The van der Waals surface area contributed by atoms with Crippen molar-refractivity contribution in [1.29, 1.82) is 0 Å². The van der Waals surface area contributed by atoms with Crippen molar-refractivity contribution in [2.24, 2.45) is 0 Å². The average molecular weight is 312 g/mol. The minimum Gasteiger partial charge on any atom is -0.378 e. The van der Waals surface area contributed by atoms with Gasteiger partial charge in [-0.1, -0.05) is 29.8 Å². The number of hydrogen-bond acceptors (Lipinski definition) is 4. The predicted octanol–water partition coefficient (Wildman–Crippen LogP) is 2.02. The van der Waals surface area contributed by atoms with Gasteiger partial charge in [-0.2, -0.15) is 0 Å². The van der Waals surface area contributed by atoms with E-state index in [1.807, 2.05) is 0 Å². The first-order valence-electron chi connectivity index (χ1n) is 5.89. The number of pyridine rings is 1. The largest absolute Gasteiger partial charge is 0.378 e. The number of halogens is 1. The molecule has 0 aliphatic heterocycles. The lowest BCUT2D eigenvalue weighted by Crippen LogP contribution is -2.36. The molecule has 106 valence electrons. The van der Waals surface area contributed by atoms with Gasteiger partial charge in [0.1, 0.15) is 5.60 Å². The van der Waals surface area contributed by atoms with Crippen LogP contribution in [0, 0.1) is 0 Å². The van der Waals surface area contributed by atoms with Crippen LogP contribution in [0.25, 0.3) is 0 Å². The quantitative estimate of drug-likeness (QED) is 0.938. The van der Waals surface area contributed by atoms with Gasteiger partial charge in [0.15, 0.2) is 9.84 Å². The fourth-order valence-corrected chi connectivity index (χ4v) is 3.22. The molecule has 4 nitrogen and oxygen atoms in total. The maximum atomic E-state index is 11.6. The summed E-state index contributed by atoms with van der Waals surface area (Å²) in [6.07, 6.45) is 2.59. The summed E-state index contributed by atoms with van der Waals surface area (Å²) >= 11 is 5.83. The molecule has 0 saturated carbocycles. The SMILES string of the molecule is CS(=O)(=O)C[C@@](O)(c1ccc(Cl)cc1)c1ccccn1. The molecule has 0 radical (unpaired) electrons. The van der Waals surface area contributed by atoms with E-state index in [9.17, 15) is 13.5 Å². The molecule has 0 unspecified atom stereocenters. The van der Waals surface area contributed by atoms with Gasteiger partial charge >= 0.3 is 0 Å². The third-order valence-electron chi connectivity index (χ3n) is 2.88. The molecule has 2 aromatic rings. The Bertz CT molecular complexity index is 686. The van der Waals surface area contributed by atoms with E-state index < -0.39 is 21.2 Å². The molecule has 2 rings (SSSR count). The molecule has 0 aliphatic carbocycles. The second kappa shape index (κ2) is 5.52. The van der Waals surface area contributed by atoms with Gasteiger partial charge in [0.2, 0.25) is 0 Å². The van der Waals surface area contributed by atoms with E-state index in [-0.39, 0.29) is 5.69 Å². The highest BCUT2D eigenvalue weighted by atomic mass is 35.5. The van der Waals surface area contributed by atoms with Crippen molar-refractivity contribution in [3.8, 4) is 0 Å². The number of benzene rings is 1. The molecule has 1 N–H and O–H groups in total. The van der Waals surface area contributed by atoms with Gasteiger partial charge in [-0.15, -0.1) is 0 Å². The predicted molar refractivity (Wildman–Crippen MR) is 78.4 cm³/mol. The summed E-state index contributed by atoms with van der Waals surface area (Å²) in [4.78, 5) is 4.09. The number of sulfone groups is 1. The topological polar surface area (TPSA) is 67.3 Å². The van der Waals surface area contributed by atoms with E-state index >= 15 is 0 Å². The highest BCUT2D eigenvalue weighted by molar-refractivity contribution is 7.90. The summed E-state index contributed by atoms with van der Waals surface area (Å²) in [5, 5.41) is 11.4. The van der Waals surface area contributed by atoms with Crippen molar-refractivity contribution < 1.29 is 13.5 Å². The zero-order chi connectivity index (χ0) is 14.8. The third kappa shape index (κ3) is 3.36. The van der Waals surface area contributed by atoms with Crippen molar-refractivity contribution in [2.75, 3.05) is 12.0 Å². The molecule has 0 amide bonds. The van der Waals surface area contributed by atoms with E-state index in [1.54, 1.807) is 42.5 Å². The fourth-order valence-electron chi connectivity index (χ4n) is 2.02. The zero-order valence-corrected chi connectivity index (χ0v) is 12.4. The van der Waals surface area contributed by atoms with Crippen molar-refractivity contribution in [1.82, 2.24) is 4.98 Å². The van der Waals surface area contributed by atoms with Crippen LogP contribution in [0.3, 0.4) is 0 Å². The van der Waals surface area contributed by atoms with Gasteiger partial charge in [0.25, 0.3) is 0 Å². The Morgan fingerprint density at radius 3 is 2.35 bits per heavy atom. The molecular weight excluding hydrogens is 298 g/mol. The van der Waals surface area contributed by atoms with Crippen molar-refractivity contribution in [2.45, 2.75) is 5.60 Å². The number of aliphatic hydroxyl groups is 1. The summed E-state index contributed by atoms with van der Waals surface area (Å²) in [6, 6.07) is 11.4. The molecule has 1 heterocycles. The van der Waals surface area contributed by atoms with Gasteiger partial charge < -0.3 is 5.11 Å². The van der Waals surface area contributed by atoms with Crippen LogP contribution in [0.15, 0.2) is 48.7 Å². The summed E-state index contributed by atoms with van der Waals surface area (Å²) in [5.41, 5.74) is -0.974. The molecule has 0 spiro atoms. The summed E-state index contributed by atoms with van der Waals surface area (Å²) in [6.45, 7) is 0. The number of aromatic nitrogens is 1. The smallest absolute Gasteiger partial charge is 0.151 e. The molecule has 1 atom stereocenters. The van der Waals surface area contributed by atoms with Crippen LogP contribution < -0.4 is 0 Å². The molecule has 20 heavy (non-hydrogen) atoms. The maximum Gasteiger partial charge on any atom is 0.151 e. The summed E-state index contributed by atoms with van der Waals surface area (Å²) < 4.78 is 23.3. The first-order valence-corrected chi connectivity index (χ1v) is 8.33. The van der Waals surface area contributed by atoms with Crippen LogP contribution in [0.4, 0.5) is 0 Å². The lowest BCUT2D eigenvalue weighted by atomic mass is 9.92. The van der Waals surface area contributed by atoms with Crippen LogP contribution in [0.5, 0.6) is 0 Å². The third-order valence-corrected chi connectivity index (χ3v) is 4.08. The Hall–Kier alpha value is -1.43. The van der Waals surface area contributed by atoms with E-state index in [0.29, 0.717) is 10.6 Å². The number of hydrogen-bond donors (Lipinski definition) is 1. The first kappa shape index (κ1) is 15.0. The molecule has 0 saturated heterocycles. The summed E-state index contributed by atoms with van der Waals surface area (Å²) in [5.74, 6) is -0.446. The minimum atomic E-state index is -3.41. The van der Waals surface area contributed by atoms with Crippen LogP contribution in [-0.2, 0) is 15.4 Å². The normalized spacial score (nSPS) is 14.8. The van der Waals surface area contributed by atoms with Crippen molar-refractivity contribution >= 4 is 21.4 Å². The van der Waals surface area contributed by atoms with Crippen molar-refractivity contribution in [3.05, 3.63) is 64.9 Å². The second-order valence-corrected chi connectivity index (χ2v) is 7.23. The van der Waals surface area contributed by atoms with Crippen LogP contribution >= 0.6 is 11.6 Å². The molecular formula is C14H14ClNO3S. The van der Waals surface area contributed by atoms with Crippen LogP contribution in [0.2, 0.25) is 5.02 Å². The monoisotopic (exact) mass is 311 g/mol. The van der Waals surface area contributed by atoms with E-state index in [0.717, 1.165) is 6.26 Å². The van der Waals surface area contributed by atoms with Gasteiger partial charge in [-0.05, 0) is 29.8 Å². The highest BCUT2D eigenvalue weighted by Gasteiger charge is 2.36. The lowest BCUT2D eigenvalue weighted by molar-refractivity contribution is 0.101. The number of rotatable bonds is 4.